The SMILES string of the molecule is C[C@@H]1Cc2ccccc2N1C(=O)c1cnccn1. The maximum Gasteiger partial charge on any atom is 0.278 e. The summed E-state index contributed by atoms with van der Waals surface area (Å²) in [4.78, 5) is 22.3. The Hall–Kier alpha value is -2.23. The van der Waals surface area contributed by atoms with Crippen molar-refractivity contribution in [1.82, 2.24) is 9.97 Å². The van der Waals surface area contributed by atoms with Crippen molar-refractivity contribution in [2.24, 2.45) is 0 Å². The van der Waals surface area contributed by atoms with Crippen LogP contribution < -0.4 is 4.90 Å². The molecule has 0 fully saturated rings. The molecule has 1 aromatic carbocycles. The number of fused-ring (bicyclic) bond motifs is 1. The molecule has 2 heterocycles. The zero-order valence-corrected chi connectivity index (χ0v) is 10.1. The maximum absolute atomic E-state index is 12.4. The molecule has 1 aliphatic rings. The van der Waals surface area contributed by atoms with Crippen LogP contribution in [0.15, 0.2) is 42.9 Å². The van der Waals surface area contributed by atoms with Gasteiger partial charge in [-0.25, -0.2) is 4.98 Å². The van der Waals surface area contributed by atoms with E-state index in [-0.39, 0.29) is 11.9 Å². The minimum atomic E-state index is -0.0828. The van der Waals surface area contributed by atoms with Crippen LogP contribution in [-0.4, -0.2) is 21.9 Å². The fourth-order valence-corrected chi connectivity index (χ4v) is 2.41. The normalized spacial score (nSPS) is 17.6. The monoisotopic (exact) mass is 239 g/mol. The molecule has 4 nitrogen and oxygen atoms in total. The number of amides is 1. The third-order valence-electron chi connectivity index (χ3n) is 3.21. The van der Waals surface area contributed by atoms with E-state index >= 15 is 0 Å². The molecule has 0 unspecified atom stereocenters. The van der Waals surface area contributed by atoms with Crippen LogP contribution in [0, 0.1) is 0 Å². The first-order chi connectivity index (χ1) is 8.77. The quantitative estimate of drug-likeness (QED) is 0.765. The summed E-state index contributed by atoms with van der Waals surface area (Å²) < 4.78 is 0. The Bertz CT molecular complexity index is 583. The lowest BCUT2D eigenvalue weighted by Crippen LogP contribution is -2.36. The van der Waals surface area contributed by atoms with Crippen LogP contribution in [0.4, 0.5) is 5.69 Å². The van der Waals surface area contributed by atoms with Gasteiger partial charge in [-0.2, -0.15) is 0 Å². The topological polar surface area (TPSA) is 46.1 Å². The van der Waals surface area contributed by atoms with E-state index < -0.39 is 0 Å². The van der Waals surface area contributed by atoms with Gasteiger partial charge in [-0.1, -0.05) is 18.2 Å². The maximum atomic E-state index is 12.4. The zero-order chi connectivity index (χ0) is 12.5. The number of nitrogens with zero attached hydrogens (tertiary/aromatic N) is 3. The Morgan fingerprint density at radius 3 is 2.94 bits per heavy atom. The van der Waals surface area contributed by atoms with Gasteiger partial charge in [0.25, 0.3) is 5.91 Å². The highest BCUT2D eigenvalue weighted by Gasteiger charge is 2.31. The number of hydrogen-bond acceptors (Lipinski definition) is 3. The molecule has 0 saturated carbocycles. The van der Waals surface area contributed by atoms with Gasteiger partial charge >= 0.3 is 0 Å². The van der Waals surface area contributed by atoms with E-state index in [1.807, 2.05) is 25.1 Å². The van der Waals surface area contributed by atoms with Crippen molar-refractivity contribution >= 4 is 11.6 Å². The number of aromatic nitrogens is 2. The summed E-state index contributed by atoms with van der Waals surface area (Å²) >= 11 is 0. The molecular formula is C14H13N3O. The fraction of sp³-hybridized carbons (Fsp3) is 0.214. The number of carbonyl (C=O) groups excluding carboxylic acids is 1. The van der Waals surface area contributed by atoms with Crippen molar-refractivity contribution in [2.45, 2.75) is 19.4 Å². The second kappa shape index (κ2) is 4.22. The first-order valence-corrected chi connectivity index (χ1v) is 5.95. The van der Waals surface area contributed by atoms with Gasteiger partial charge in [0.15, 0.2) is 0 Å². The molecule has 3 rings (SSSR count). The summed E-state index contributed by atoms with van der Waals surface area (Å²) in [5.74, 6) is -0.0828. The number of carbonyl (C=O) groups is 1. The summed E-state index contributed by atoms with van der Waals surface area (Å²) in [6, 6.07) is 8.16. The van der Waals surface area contributed by atoms with Crippen LogP contribution in [-0.2, 0) is 6.42 Å². The van der Waals surface area contributed by atoms with E-state index in [1.165, 1.54) is 11.8 Å². The Kier molecular flexibility index (Phi) is 2.55. The number of para-hydroxylation sites is 1. The van der Waals surface area contributed by atoms with Gasteiger partial charge in [0, 0.05) is 24.1 Å². The second-order valence-electron chi connectivity index (χ2n) is 4.45. The molecule has 1 amide bonds. The lowest BCUT2D eigenvalue weighted by Gasteiger charge is -2.21. The van der Waals surface area contributed by atoms with Gasteiger partial charge in [0.05, 0.1) is 6.20 Å². The molecule has 2 aromatic rings. The summed E-state index contributed by atoms with van der Waals surface area (Å²) in [5, 5.41) is 0. The molecule has 1 aliphatic heterocycles. The molecule has 4 heteroatoms. The van der Waals surface area contributed by atoms with Crippen molar-refractivity contribution in [2.75, 3.05) is 4.90 Å². The molecule has 1 atom stereocenters. The molecule has 90 valence electrons. The Balaban J connectivity index is 2.00. The standard InChI is InChI=1S/C14H13N3O/c1-10-8-11-4-2-3-5-13(11)17(10)14(18)12-9-15-6-7-16-12/h2-7,9-10H,8H2,1H3/t10-/m1/s1. The molecule has 18 heavy (non-hydrogen) atoms. The number of hydrogen-bond donors (Lipinski definition) is 0. The Labute approximate surface area is 105 Å². The smallest absolute Gasteiger partial charge is 0.278 e. The van der Waals surface area contributed by atoms with Gasteiger partial charge in [0.2, 0.25) is 0 Å². The minimum Gasteiger partial charge on any atom is -0.304 e. The van der Waals surface area contributed by atoms with E-state index in [0.29, 0.717) is 5.69 Å². The van der Waals surface area contributed by atoms with Crippen LogP contribution in [0.2, 0.25) is 0 Å². The van der Waals surface area contributed by atoms with E-state index in [0.717, 1.165) is 12.1 Å². The highest BCUT2D eigenvalue weighted by Crippen LogP contribution is 2.32. The molecule has 0 saturated heterocycles. The van der Waals surface area contributed by atoms with Crippen LogP contribution in [0.5, 0.6) is 0 Å². The van der Waals surface area contributed by atoms with Gasteiger partial charge in [0.1, 0.15) is 5.69 Å². The van der Waals surface area contributed by atoms with Gasteiger partial charge < -0.3 is 4.90 Å². The molecule has 1 aromatic heterocycles. The fourth-order valence-electron chi connectivity index (χ4n) is 2.41. The van der Waals surface area contributed by atoms with Crippen molar-refractivity contribution in [3.63, 3.8) is 0 Å². The highest BCUT2D eigenvalue weighted by molar-refractivity contribution is 6.06. The van der Waals surface area contributed by atoms with Gasteiger partial charge in [-0.3, -0.25) is 9.78 Å². The second-order valence-corrected chi connectivity index (χ2v) is 4.45. The molecule has 0 bridgehead atoms. The average molecular weight is 239 g/mol. The summed E-state index contributed by atoms with van der Waals surface area (Å²) in [6.07, 6.45) is 5.51. The van der Waals surface area contributed by atoms with Gasteiger partial charge in [-0.15, -0.1) is 0 Å². The van der Waals surface area contributed by atoms with E-state index in [9.17, 15) is 4.79 Å². The molecule has 0 spiro atoms. The Morgan fingerprint density at radius 2 is 2.17 bits per heavy atom. The molecule has 0 N–H and O–H groups in total. The Morgan fingerprint density at radius 1 is 1.33 bits per heavy atom. The zero-order valence-electron chi connectivity index (χ0n) is 10.1. The lowest BCUT2D eigenvalue weighted by atomic mass is 10.1. The predicted molar refractivity (Wildman–Crippen MR) is 68.4 cm³/mol. The van der Waals surface area contributed by atoms with Gasteiger partial charge in [-0.05, 0) is 25.0 Å². The minimum absolute atomic E-state index is 0.0828. The summed E-state index contributed by atoms with van der Waals surface area (Å²) in [7, 11) is 0. The van der Waals surface area contributed by atoms with Crippen molar-refractivity contribution < 1.29 is 4.79 Å². The van der Waals surface area contributed by atoms with Crippen molar-refractivity contribution in [1.29, 1.82) is 0 Å². The van der Waals surface area contributed by atoms with Crippen LogP contribution in [0.1, 0.15) is 23.0 Å². The number of anilines is 1. The molecular weight excluding hydrogens is 226 g/mol. The predicted octanol–water partition coefficient (Wildman–Crippen LogP) is 2.07. The first-order valence-electron chi connectivity index (χ1n) is 5.95. The first kappa shape index (κ1) is 10.9. The van der Waals surface area contributed by atoms with E-state index in [1.54, 1.807) is 17.3 Å². The largest absolute Gasteiger partial charge is 0.304 e. The lowest BCUT2D eigenvalue weighted by molar-refractivity contribution is 0.0976. The molecule has 0 radical (unpaired) electrons. The van der Waals surface area contributed by atoms with Crippen LogP contribution in [0.25, 0.3) is 0 Å². The third-order valence-corrected chi connectivity index (χ3v) is 3.21. The summed E-state index contributed by atoms with van der Waals surface area (Å²) in [6.45, 7) is 2.05. The van der Waals surface area contributed by atoms with Crippen molar-refractivity contribution in [3.05, 3.63) is 54.1 Å². The number of benzene rings is 1. The summed E-state index contributed by atoms with van der Waals surface area (Å²) in [5.41, 5.74) is 2.59. The van der Waals surface area contributed by atoms with E-state index in [4.69, 9.17) is 0 Å². The average Bonchev–Trinajstić information content (AvgIpc) is 2.75. The molecule has 0 aliphatic carbocycles. The highest BCUT2D eigenvalue weighted by atomic mass is 16.2. The van der Waals surface area contributed by atoms with Crippen LogP contribution in [0.3, 0.4) is 0 Å². The van der Waals surface area contributed by atoms with E-state index in [2.05, 4.69) is 16.0 Å². The third kappa shape index (κ3) is 1.66. The van der Waals surface area contributed by atoms with Crippen LogP contribution >= 0.6 is 0 Å². The van der Waals surface area contributed by atoms with Crippen molar-refractivity contribution in [3.8, 4) is 0 Å². The number of rotatable bonds is 1.